The van der Waals surface area contributed by atoms with Crippen LogP contribution in [-0.4, -0.2) is 9.13 Å². The molecule has 2 heterocycles. The summed E-state index contributed by atoms with van der Waals surface area (Å²) >= 11 is 0. The molecule has 9 rings (SSSR count). The highest BCUT2D eigenvalue weighted by Crippen LogP contribution is 2.34. The third kappa shape index (κ3) is 5.24. The molecule has 4 heteroatoms. The molecule has 0 fully saturated rings. The second-order valence-corrected chi connectivity index (χ2v) is 12.8. The molecule has 0 aliphatic heterocycles. The van der Waals surface area contributed by atoms with E-state index in [1.165, 1.54) is 21.5 Å². The highest BCUT2D eigenvalue weighted by Gasteiger charge is 2.13. The topological polar surface area (TPSA) is 57.4 Å². The summed E-state index contributed by atoms with van der Waals surface area (Å²) in [4.78, 5) is 0. The predicted molar refractivity (Wildman–Crippen MR) is 215 cm³/mol. The number of nitrogens with zero attached hydrogens (tertiary/aromatic N) is 4. The van der Waals surface area contributed by atoms with Gasteiger partial charge in [0.15, 0.2) is 0 Å². The van der Waals surface area contributed by atoms with E-state index in [-0.39, 0.29) is 0 Å². The summed E-state index contributed by atoms with van der Waals surface area (Å²) in [5.74, 6) is 0. The minimum atomic E-state index is 0.555. The summed E-state index contributed by atoms with van der Waals surface area (Å²) in [6, 6.07) is 62.8. The molecule has 0 spiro atoms. The molecule has 7 aromatic carbocycles. The minimum Gasteiger partial charge on any atom is -0.309 e. The van der Waals surface area contributed by atoms with Crippen molar-refractivity contribution in [1.82, 2.24) is 9.13 Å². The van der Waals surface area contributed by atoms with Crippen molar-refractivity contribution in [2.45, 2.75) is 0 Å². The van der Waals surface area contributed by atoms with Crippen LogP contribution in [0.15, 0.2) is 170 Å². The summed E-state index contributed by atoms with van der Waals surface area (Å²) in [5, 5.41) is 25.1. The summed E-state index contributed by atoms with van der Waals surface area (Å²) in [7, 11) is 0. The molecule has 0 aliphatic carbocycles. The maximum absolute atomic E-state index is 10.1. The Kier molecular flexibility index (Phi) is 7.55. The Hall–Kier alpha value is -7.40. The number of nitriles is 2. The molecule has 0 amide bonds. The second-order valence-electron chi connectivity index (χ2n) is 12.8. The number of allylic oxidation sites excluding steroid dienone is 2. The van der Waals surface area contributed by atoms with Gasteiger partial charge in [-0.1, -0.05) is 121 Å². The quantitative estimate of drug-likeness (QED) is 0.131. The first-order chi connectivity index (χ1) is 25.7. The van der Waals surface area contributed by atoms with E-state index < -0.39 is 0 Å². The summed E-state index contributed by atoms with van der Waals surface area (Å²) in [6.45, 7) is 0. The number of para-hydroxylation sites is 4. The van der Waals surface area contributed by atoms with Gasteiger partial charge in [-0.15, -0.1) is 0 Å². The molecule has 0 unspecified atom stereocenters. The second kappa shape index (κ2) is 12.8. The summed E-state index contributed by atoms with van der Waals surface area (Å²) in [6.07, 6.45) is 3.81. The van der Waals surface area contributed by atoms with Gasteiger partial charge in [0.05, 0.1) is 45.4 Å². The Morgan fingerprint density at radius 1 is 0.365 bits per heavy atom. The van der Waals surface area contributed by atoms with E-state index in [0.717, 1.165) is 55.7 Å². The van der Waals surface area contributed by atoms with E-state index in [1.807, 2.05) is 60.7 Å². The maximum atomic E-state index is 10.1. The van der Waals surface area contributed by atoms with Crippen molar-refractivity contribution < 1.29 is 0 Å². The van der Waals surface area contributed by atoms with E-state index >= 15 is 0 Å². The minimum absolute atomic E-state index is 0.555. The molecule has 0 radical (unpaired) electrons. The molecule has 0 saturated carbocycles. The van der Waals surface area contributed by atoms with Gasteiger partial charge in [0, 0.05) is 32.9 Å². The van der Waals surface area contributed by atoms with Crippen LogP contribution in [0.4, 0.5) is 0 Å². The largest absolute Gasteiger partial charge is 0.309 e. The van der Waals surface area contributed by atoms with Gasteiger partial charge in [0.1, 0.15) is 0 Å². The third-order valence-corrected chi connectivity index (χ3v) is 9.83. The lowest BCUT2D eigenvalue weighted by Crippen LogP contribution is -1.93. The van der Waals surface area contributed by atoms with E-state index in [1.54, 1.807) is 0 Å². The van der Waals surface area contributed by atoms with Crippen LogP contribution in [0.25, 0.3) is 78.3 Å². The summed E-state index contributed by atoms with van der Waals surface area (Å²) < 4.78 is 4.56. The van der Waals surface area contributed by atoms with Crippen molar-refractivity contribution >= 4 is 66.9 Å². The van der Waals surface area contributed by atoms with Gasteiger partial charge in [-0.25, -0.2) is 0 Å². The molecule has 0 aliphatic rings. The molecule has 0 atom stereocenters. The molecule has 0 saturated heterocycles. The number of benzene rings is 7. The van der Waals surface area contributed by atoms with Crippen LogP contribution in [0, 0.1) is 22.7 Å². The van der Waals surface area contributed by atoms with Gasteiger partial charge in [-0.2, -0.15) is 10.5 Å². The van der Waals surface area contributed by atoms with Crippen molar-refractivity contribution in [2.75, 3.05) is 0 Å². The first-order valence-electron chi connectivity index (χ1n) is 17.2. The SMILES string of the molecule is N#C/C(=C\c1ccc(-n2c3ccccc3c3ccccc32)cc1)c1ccc(/C(C#N)=C/c2ccc(-n3c4ccccc4c4ccccc43)cc2)cc1. The van der Waals surface area contributed by atoms with Crippen LogP contribution < -0.4 is 0 Å². The van der Waals surface area contributed by atoms with Crippen LogP contribution in [0.1, 0.15) is 22.3 Å². The highest BCUT2D eigenvalue weighted by atomic mass is 15.0. The lowest BCUT2D eigenvalue weighted by Gasteiger charge is -2.09. The Morgan fingerprint density at radius 3 is 0.942 bits per heavy atom. The Morgan fingerprint density at radius 2 is 0.654 bits per heavy atom. The van der Waals surface area contributed by atoms with Gasteiger partial charge >= 0.3 is 0 Å². The molecule has 52 heavy (non-hydrogen) atoms. The fraction of sp³-hybridized carbons (Fsp3) is 0. The zero-order valence-electron chi connectivity index (χ0n) is 28.1. The molecule has 2 aromatic heterocycles. The number of aromatic nitrogens is 2. The van der Waals surface area contributed by atoms with E-state index in [4.69, 9.17) is 0 Å². The van der Waals surface area contributed by atoms with Crippen LogP contribution in [-0.2, 0) is 0 Å². The van der Waals surface area contributed by atoms with E-state index in [0.29, 0.717) is 11.1 Å². The lowest BCUT2D eigenvalue weighted by molar-refractivity contribution is 1.18. The Bertz CT molecular complexity index is 2630. The van der Waals surface area contributed by atoms with Crippen LogP contribution in [0.5, 0.6) is 0 Å². The first-order valence-corrected chi connectivity index (χ1v) is 17.2. The number of hydrogen-bond donors (Lipinski definition) is 0. The highest BCUT2D eigenvalue weighted by molar-refractivity contribution is 6.10. The monoisotopic (exact) mass is 662 g/mol. The van der Waals surface area contributed by atoms with Gasteiger partial charge in [0.25, 0.3) is 0 Å². The fourth-order valence-electron chi connectivity index (χ4n) is 7.36. The molecule has 4 nitrogen and oxygen atoms in total. The molecule has 0 N–H and O–H groups in total. The van der Waals surface area contributed by atoms with Gasteiger partial charge in [-0.3, -0.25) is 0 Å². The number of fused-ring (bicyclic) bond motifs is 6. The van der Waals surface area contributed by atoms with Crippen LogP contribution >= 0.6 is 0 Å². The zero-order chi connectivity index (χ0) is 35.0. The summed E-state index contributed by atoms with van der Waals surface area (Å²) in [5.41, 5.74) is 11.3. The van der Waals surface area contributed by atoms with Crippen molar-refractivity contribution in [3.05, 3.63) is 192 Å². The van der Waals surface area contributed by atoms with E-state index in [9.17, 15) is 10.5 Å². The molecular weight excluding hydrogens is 633 g/mol. The predicted octanol–water partition coefficient (Wildman–Crippen LogP) is 12.0. The van der Waals surface area contributed by atoms with Crippen molar-refractivity contribution in [1.29, 1.82) is 10.5 Å². The molecule has 9 aromatic rings. The zero-order valence-corrected chi connectivity index (χ0v) is 28.1. The lowest BCUT2D eigenvalue weighted by atomic mass is 9.98. The van der Waals surface area contributed by atoms with Crippen LogP contribution in [0.3, 0.4) is 0 Å². The van der Waals surface area contributed by atoms with Gasteiger partial charge in [0.2, 0.25) is 0 Å². The van der Waals surface area contributed by atoms with Crippen molar-refractivity contribution in [3.63, 3.8) is 0 Å². The maximum Gasteiger partial charge on any atom is 0.0998 e. The fourth-order valence-corrected chi connectivity index (χ4v) is 7.36. The number of rotatable bonds is 6. The normalized spacial score (nSPS) is 12.0. The first kappa shape index (κ1) is 30.6. The number of hydrogen-bond acceptors (Lipinski definition) is 2. The average molecular weight is 663 g/mol. The smallest absolute Gasteiger partial charge is 0.0998 e. The molecule has 0 bridgehead atoms. The van der Waals surface area contributed by atoms with E-state index in [2.05, 4.69) is 143 Å². The van der Waals surface area contributed by atoms with Gasteiger partial charge in [-0.05, 0) is 82.9 Å². The van der Waals surface area contributed by atoms with Crippen LogP contribution in [0.2, 0.25) is 0 Å². The third-order valence-electron chi connectivity index (χ3n) is 9.83. The van der Waals surface area contributed by atoms with Gasteiger partial charge < -0.3 is 9.13 Å². The Balaban J connectivity index is 0.971. The Labute approximate surface area is 301 Å². The molecular formula is C48H30N4. The molecule has 242 valence electrons. The standard InChI is InChI=1S/C48H30N4/c49-31-37(29-33-17-25-39(26-18-33)51-45-13-5-1-9-41(45)42-10-2-6-14-46(42)51)35-21-23-36(24-22-35)38(32-50)30-34-19-27-40(28-20-34)52-47-15-7-3-11-43(47)44-12-4-8-16-48(44)52/h1-30H/b37-29+,38-30+. The average Bonchev–Trinajstić information content (AvgIpc) is 3.73. The van der Waals surface area contributed by atoms with Crippen molar-refractivity contribution in [3.8, 4) is 23.5 Å². The van der Waals surface area contributed by atoms with Crippen molar-refractivity contribution in [2.24, 2.45) is 0 Å².